The topological polar surface area (TPSA) is 445 Å². The van der Waals surface area contributed by atoms with Gasteiger partial charge in [-0.15, -0.1) is 0 Å². The minimum absolute atomic E-state index is 0.0655. The van der Waals surface area contributed by atoms with Gasteiger partial charge in [-0.3, -0.25) is 22.5 Å². The summed E-state index contributed by atoms with van der Waals surface area (Å²) in [5.74, 6) is 0.235. The van der Waals surface area contributed by atoms with Crippen LogP contribution in [0.2, 0.25) is 0 Å². The summed E-state index contributed by atoms with van der Waals surface area (Å²) in [6, 6.07) is 0. The lowest BCUT2D eigenvalue weighted by atomic mass is 10.1. The number of hydrogen-bond acceptors (Lipinski definition) is 24. The summed E-state index contributed by atoms with van der Waals surface area (Å²) in [7, 11) is -15.4. The molecule has 2 saturated heterocycles. The van der Waals surface area contributed by atoms with Gasteiger partial charge in [0.05, 0.1) is 33.7 Å². The molecular weight excluding hydrogens is 805 g/mol. The molecule has 4 aromatic heterocycles. The summed E-state index contributed by atoms with van der Waals surface area (Å²) in [4.78, 5) is 65.1. The number of hydrogen-bond donors (Lipinski definition) is 9. The molecule has 10 atom stereocenters. The van der Waals surface area contributed by atoms with Crippen molar-refractivity contribution in [3.8, 4) is 0 Å². The van der Waals surface area contributed by atoms with Gasteiger partial charge in [-0.1, -0.05) is 13.8 Å². The molecule has 0 spiro atoms. The van der Waals surface area contributed by atoms with E-state index in [0.29, 0.717) is 11.2 Å². The molecule has 0 radical (unpaired) electrons. The molecule has 4 aromatic rings. The predicted octanol–water partition coefficient (Wildman–Crippen LogP) is -4.92. The van der Waals surface area contributed by atoms with Crippen LogP contribution in [0.5, 0.6) is 0 Å². The van der Waals surface area contributed by atoms with E-state index in [2.05, 4.69) is 43.8 Å². The van der Waals surface area contributed by atoms with E-state index in [-0.39, 0.29) is 36.0 Å². The number of nitrogens with one attached hydrogen (secondary N) is 1. The summed E-state index contributed by atoms with van der Waals surface area (Å²) < 4.78 is 59.3. The van der Waals surface area contributed by atoms with Gasteiger partial charge in [-0.25, -0.2) is 39.6 Å². The molecule has 12 N–H and O–H groups in total. The lowest BCUT2D eigenvalue weighted by Gasteiger charge is -2.35. The van der Waals surface area contributed by atoms with Crippen LogP contribution in [0.1, 0.15) is 26.3 Å². The predicted molar refractivity (Wildman–Crippen MR) is 178 cm³/mol. The summed E-state index contributed by atoms with van der Waals surface area (Å²) in [5, 5.41) is 42.9. The Labute approximate surface area is 309 Å². The third-order valence-electron chi connectivity index (χ3n) is 7.37. The molecule has 28 nitrogen and oxygen atoms in total. The van der Waals surface area contributed by atoms with Crippen LogP contribution in [-0.2, 0) is 36.5 Å². The Morgan fingerprint density at radius 1 is 0.764 bits per heavy atom. The van der Waals surface area contributed by atoms with Crippen LogP contribution in [-0.4, -0.2) is 127 Å². The van der Waals surface area contributed by atoms with Crippen LogP contribution in [0.15, 0.2) is 25.3 Å². The van der Waals surface area contributed by atoms with Gasteiger partial charge in [-0.2, -0.15) is 0 Å². The first-order chi connectivity index (χ1) is 25.7. The van der Waals surface area contributed by atoms with Crippen molar-refractivity contribution >= 4 is 57.4 Å². The Morgan fingerprint density at radius 3 is 1.58 bits per heavy atom. The van der Waals surface area contributed by atoms with E-state index in [4.69, 9.17) is 31.2 Å². The molecule has 2 aliphatic rings. The number of rotatable bonds is 12. The summed E-state index contributed by atoms with van der Waals surface area (Å²) in [5.41, 5.74) is 17.3. The minimum atomic E-state index is -5.85. The van der Waals surface area contributed by atoms with E-state index in [1.54, 1.807) is 6.92 Å². The largest absolute Gasteiger partial charge is 0.790 e. The van der Waals surface area contributed by atoms with Gasteiger partial charge in [-0.05, 0) is 6.54 Å². The lowest BCUT2D eigenvalue weighted by Crippen LogP contribution is -2.34. The number of aliphatic hydroxyl groups is 4. The zero-order chi connectivity index (χ0) is 40.9. The average Bonchev–Trinajstić information content (AvgIpc) is 3.85. The third kappa shape index (κ3) is 11.0. The highest BCUT2D eigenvalue weighted by Gasteiger charge is 2.46. The number of nitrogens with zero attached hydrogens (tertiary/aromatic N) is 8. The number of nitrogens with two attached hydrogens (primary N) is 3. The first-order valence-electron chi connectivity index (χ1n) is 15.7. The number of phosphoric ester groups is 1. The van der Waals surface area contributed by atoms with Crippen molar-refractivity contribution in [3.05, 3.63) is 25.3 Å². The second kappa shape index (κ2) is 18.4. The van der Waals surface area contributed by atoms with Crippen molar-refractivity contribution in [2.75, 3.05) is 37.8 Å². The number of phosphoric acid groups is 2. The number of fused-ring (bicyclic) bond motifs is 2. The molecule has 31 heteroatoms. The van der Waals surface area contributed by atoms with Gasteiger partial charge < -0.3 is 75.8 Å². The van der Waals surface area contributed by atoms with Crippen LogP contribution in [0.4, 0.5) is 11.6 Å². The molecule has 0 amide bonds. The number of nitrogen functional groups attached to an aromatic ring is 2. The van der Waals surface area contributed by atoms with Crippen LogP contribution < -0.4 is 37.0 Å². The summed E-state index contributed by atoms with van der Waals surface area (Å²) in [6.07, 6.45) is -5.56. The molecule has 6 heterocycles. The SMILES string of the molecule is CCN.CCNP(=O)(O)OC[C@H]1O[C@@H](n2cnc3c(N)ncnc32)[C@H](O)[C@@H]1O.Nc1ncnc2c1ncn2[C@@H]1O[C@H](COP(=O)([O-])OP(=O)([O-])[O-])[C@@H](O)[C@H]1O. The molecular formula is C24H38N12O16P3-3. The van der Waals surface area contributed by atoms with Gasteiger partial charge in [0.15, 0.2) is 35.4 Å². The highest BCUT2D eigenvalue weighted by atomic mass is 31.3. The molecule has 55 heavy (non-hydrogen) atoms. The van der Waals surface area contributed by atoms with E-state index in [1.807, 2.05) is 6.92 Å². The van der Waals surface area contributed by atoms with E-state index in [1.165, 1.54) is 28.1 Å². The van der Waals surface area contributed by atoms with Crippen molar-refractivity contribution < 1.29 is 76.5 Å². The molecule has 6 rings (SSSR count). The zero-order valence-electron chi connectivity index (χ0n) is 28.6. The maximum Gasteiger partial charge on any atom is 0.403 e. The summed E-state index contributed by atoms with van der Waals surface area (Å²) >= 11 is 0. The first kappa shape index (κ1) is 44.5. The van der Waals surface area contributed by atoms with Gasteiger partial charge in [0.1, 0.15) is 60.3 Å². The summed E-state index contributed by atoms with van der Waals surface area (Å²) in [6.45, 7) is 3.21. The van der Waals surface area contributed by atoms with Gasteiger partial charge in [0.25, 0.3) is 7.82 Å². The van der Waals surface area contributed by atoms with E-state index >= 15 is 0 Å². The Morgan fingerprint density at radius 2 is 1.18 bits per heavy atom. The molecule has 308 valence electrons. The van der Waals surface area contributed by atoms with E-state index in [9.17, 15) is 53.7 Å². The van der Waals surface area contributed by atoms with Crippen molar-refractivity contribution in [2.45, 2.75) is 62.9 Å². The van der Waals surface area contributed by atoms with Crippen LogP contribution >= 0.6 is 23.4 Å². The zero-order valence-corrected chi connectivity index (χ0v) is 31.3. The van der Waals surface area contributed by atoms with E-state index < -0.39 is 79.1 Å². The lowest BCUT2D eigenvalue weighted by molar-refractivity contribution is -0.339. The fourth-order valence-corrected chi connectivity index (χ4v) is 7.37. The number of anilines is 2. The van der Waals surface area contributed by atoms with Crippen LogP contribution in [0.3, 0.4) is 0 Å². The Hall–Kier alpha value is -3.21. The van der Waals surface area contributed by atoms with Crippen molar-refractivity contribution in [1.29, 1.82) is 0 Å². The number of ether oxygens (including phenoxy) is 2. The maximum atomic E-state index is 11.7. The molecule has 2 unspecified atom stereocenters. The number of imidazole rings is 2. The first-order valence-corrected chi connectivity index (χ1v) is 20.2. The van der Waals surface area contributed by atoms with Crippen molar-refractivity contribution in [2.24, 2.45) is 5.73 Å². The molecule has 0 aromatic carbocycles. The fraction of sp³-hybridized carbons (Fsp3) is 0.583. The van der Waals surface area contributed by atoms with Gasteiger partial charge >= 0.3 is 7.75 Å². The second-order valence-electron chi connectivity index (χ2n) is 11.3. The van der Waals surface area contributed by atoms with Crippen molar-refractivity contribution in [3.63, 3.8) is 0 Å². The molecule has 2 fully saturated rings. The monoisotopic (exact) mass is 843 g/mol. The standard InChI is InChI=1S/C12H19N6O6P.C10H15N5O10P2.C2H7N/c1-2-17-25(21,22)23-3-6-8(19)9(20)12(24-6)18-5-16-7-10(13)14-4-15-11(7)18;11-8-5-9(13-2-12-8)15(3-14-5)10-7(17)6(16)4(24-10)1-23-27(21,22)25-26(18,19)20;1-2-3/h4-6,8-9,12,19-20H,2-3H2,1H3,(H2,13,14,15)(H2,17,21,22);2-4,6-7,10,16-17H,1H2,(H,21,22)(H2,11,12,13)(H2,18,19,20);2-3H2,1H3/p-3/t6-,8-,9-,12-;4-,6-,7-,10-;/m11./s1. The molecule has 0 bridgehead atoms. The number of aromatic nitrogens is 8. The number of aliphatic hydroxyl groups excluding tert-OH is 4. The maximum absolute atomic E-state index is 11.7. The van der Waals surface area contributed by atoms with Crippen LogP contribution in [0.25, 0.3) is 22.3 Å². The fourth-order valence-electron chi connectivity index (χ4n) is 5.04. The van der Waals surface area contributed by atoms with Crippen LogP contribution in [0, 0.1) is 0 Å². The third-order valence-corrected chi connectivity index (χ3v) is 10.6. The minimum Gasteiger partial charge on any atom is -0.790 e. The normalized spacial score (nSPS) is 27.5. The Balaban J connectivity index is 0.000000229. The average molecular weight is 844 g/mol. The highest BCUT2D eigenvalue weighted by molar-refractivity contribution is 7.58. The smallest absolute Gasteiger partial charge is 0.403 e. The molecule has 2 aliphatic heterocycles. The molecule has 0 aliphatic carbocycles. The second-order valence-corrected chi connectivity index (χ2v) is 15.6. The van der Waals surface area contributed by atoms with Gasteiger partial charge in [0.2, 0.25) is 0 Å². The quantitative estimate of drug-likeness (QED) is 0.0603. The van der Waals surface area contributed by atoms with E-state index in [0.717, 1.165) is 12.9 Å². The van der Waals surface area contributed by atoms with Crippen molar-refractivity contribution in [1.82, 2.24) is 44.1 Å². The Kier molecular flexibility index (Phi) is 14.9. The highest BCUT2D eigenvalue weighted by Crippen LogP contribution is 2.51. The molecule has 0 saturated carbocycles. The van der Waals surface area contributed by atoms with Gasteiger partial charge in [0, 0.05) is 6.54 Å². The Bertz CT molecular complexity index is 2040.